The molecule has 0 aliphatic heterocycles. The maximum Gasteiger partial charge on any atom is 0.119 e. The molecule has 1 unspecified atom stereocenters. The summed E-state index contributed by atoms with van der Waals surface area (Å²) in [4.78, 5) is 0. The van der Waals surface area contributed by atoms with Crippen molar-refractivity contribution in [2.24, 2.45) is 0 Å². The molecule has 0 saturated heterocycles. The molecule has 2 aromatic rings. The molecule has 0 fully saturated rings. The Labute approximate surface area is 121 Å². The van der Waals surface area contributed by atoms with Crippen molar-refractivity contribution in [1.29, 1.82) is 0 Å². The van der Waals surface area contributed by atoms with Crippen LogP contribution in [0.4, 0.5) is 0 Å². The third-order valence-electron chi connectivity index (χ3n) is 3.68. The van der Waals surface area contributed by atoms with Gasteiger partial charge in [-0.25, -0.2) is 0 Å². The van der Waals surface area contributed by atoms with E-state index in [4.69, 9.17) is 4.74 Å². The second-order valence-corrected chi connectivity index (χ2v) is 5.20. The van der Waals surface area contributed by atoms with Crippen LogP contribution in [0.5, 0.6) is 5.75 Å². The topological polar surface area (TPSA) is 29.5 Å². The maximum atomic E-state index is 10.6. The lowest BCUT2D eigenvalue weighted by Crippen LogP contribution is -2.03. The van der Waals surface area contributed by atoms with Gasteiger partial charge < -0.3 is 9.84 Å². The van der Waals surface area contributed by atoms with E-state index in [9.17, 15) is 5.11 Å². The fourth-order valence-electron chi connectivity index (χ4n) is 2.37. The highest BCUT2D eigenvalue weighted by Gasteiger charge is 2.14. The molecule has 0 heterocycles. The molecule has 0 amide bonds. The SMILES string of the molecule is CCOc1ccc(C(O)c2cc(C)c(C)cc2C)cc1. The highest BCUT2D eigenvalue weighted by Crippen LogP contribution is 2.28. The largest absolute Gasteiger partial charge is 0.494 e. The van der Waals surface area contributed by atoms with Gasteiger partial charge in [-0.1, -0.05) is 24.3 Å². The zero-order valence-electron chi connectivity index (χ0n) is 12.6. The van der Waals surface area contributed by atoms with Crippen LogP contribution in [0.15, 0.2) is 36.4 Å². The predicted octanol–water partition coefficient (Wildman–Crippen LogP) is 4.09. The summed E-state index contributed by atoms with van der Waals surface area (Å²) in [5, 5.41) is 10.6. The summed E-state index contributed by atoms with van der Waals surface area (Å²) in [6.45, 7) is 8.82. The lowest BCUT2D eigenvalue weighted by molar-refractivity contribution is 0.219. The van der Waals surface area contributed by atoms with Crippen LogP contribution < -0.4 is 4.74 Å². The number of hydrogen-bond acceptors (Lipinski definition) is 2. The minimum Gasteiger partial charge on any atom is -0.494 e. The fraction of sp³-hybridized carbons (Fsp3) is 0.333. The quantitative estimate of drug-likeness (QED) is 0.906. The van der Waals surface area contributed by atoms with E-state index in [1.54, 1.807) is 0 Å². The van der Waals surface area contributed by atoms with Gasteiger partial charge in [0.25, 0.3) is 0 Å². The number of hydrogen-bond donors (Lipinski definition) is 1. The number of benzene rings is 2. The van der Waals surface area contributed by atoms with Gasteiger partial charge in [-0.3, -0.25) is 0 Å². The number of aliphatic hydroxyl groups is 1. The Hall–Kier alpha value is -1.80. The van der Waals surface area contributed by atoms with Gasteiger partial charge in [0.1, 0.15) is 11.9 Å². The highest BCUT2D eigenvalue weighted by atomic mass is 16.5. The zero-order valence-corrected chi connectivity index (χ0v) is 12.6. The average Bonchev–Trinajstić information content (AvgIpc) is 2.43. The Morgan fingerprint density at radius 3 is 2.15 bits per heavy atom. The summed E-state index contributed by atoms with van der Waals surface area (Å²) < 4.78 is 5.42. The molecule has 0 saturated carbocycles. The Bertz CT molecular complexity index is 585. The van der Waals surface area contributed by atoms with Crippen molar-refractivity contribution >= 4 is 0 Å². The lowest BCUT2D eigenvalue weighted by atomic mass is 9.93. The molecule has 2 nitrogen and oxygen atoms in total. The van der Waals surface area contributed by atoms with Gasteiger partial charge >= 0.3 is 0 Å². The van der Waals surface area contributed by atoms with E-state index >= 15 is 0 Å². The Kier molecular flexibility index (Phi) is 4.46. The van der Waals surface area contributed by atoms with E-state index in [0.29, 0.717) is 6.61 Å². The number of aliphatic hydroxyl groups excluding tert-OH is 1. The van der Waals surface area contributed by atoms with Crippen molar-refractivity contribution in [2.75, 3.05) is 6.61 Å². The van der Waals surface area contributed by atoms with E-state index in [1.165, 1.54) is 11.1 Å². The maximum absolute atomic E-state index is 10.6. The van der Waals surface area contributed by atoms with Crippen molar-refractivity contribution in [3.8, 4) is 5.75 Å². The number of aryl methyl sites for hydroxylation is 3. The normalized spacial score (nSPS) is 12.2. The Morgan fingerprint density at radius 1 is 0.950 bits per heavy atom. The molecule has 1 atom stereocenters. The standard InChI is InChI=1S/C18H22O2/c1-5-20-16-8-6-15(7-9-16)18(19)17-11-13(3)12(2)10-14(17)4/h6-11,18-19H,5H2,1-4H3. The second-order valence-electron chi connectivity index (χ2n) is 5.20. The molecule has 0 aliphatic rings. The zero-order chi connectivity index (χ0) is 14.7. The monoisotopic (exact) mass is 270 g/mol. The third kappa shape index (κ3) is 3.02. The molecule has 0 spiro atoms. The van der Waals surface area contributed by atoms with E-state index in [0.717, 1.165) is 22.4 Å². The van der Waals surface area contributed by atoms with E-state index in [2.05, 4.69) is 26.0 Å². The molecule has 0 aromatic heterocycles. The van der Waals surface area contributed by atoms with Crippen LogP contribution in [0.3, 0.4) is 0 Å². The van der Waals surface area contributed by atoms with Crippen molar-refractivity contribution in [1.82, 2.24) is 0 Å². The molecule has 0 aliphatic carbocycles. The van der Waals surface area contributed by atoms with Crippen LogP contribution in [0.2, 0.25) is 0 Å². The van der Waals surface area contributed by atoms with E-state index in [1.807, 2.05) is 38.1 Å². The minimum atomic E-state index is -0.593. The first-order valence-electron chi connectivity index (χ1n) is 7.01. The van der Waals surface area contributed by atoms with Gasteiger partial charge in [0, 0.05) is 0 Å². The summed E-state index contributed by atoms with van der Waals surface area (Å²) in [6, 6.07) is 11.8. The van der Waals surface area contributed by atoms with Crippen LogP contribution in [-0.2, 0) is 0 Å². The molecule has 2 heteroatoms. The molecule has 2 rings (SSSR count). The molecule has 106 valence electrons. The number of rotatable bonds is 4. The first kappa shape index (κ1) is 14.6. The van der Waals surface area contributed by atoms with Gasteiger partial charge in [0.05, 0.1) is 6.61 Å². The van der Waals surface area contributed by atoms with Crippen molar-refractivity contribution in [3.63, 3.8) is 0 Å². The highest BCUT2D eigenvalue weighted by molar-refractivity contribution is 5.42. The second kappa shape index (κ2) is 6.10. The van der Waals surface area contributed by atoms with Gasteiger partial charge in [-0.05, 0) is 67.6 Å². The van der Waals surface area contributed by atoms with E-state index < -0.39 is 6.10 Å². The van der Waals surface area contributed by atoms with Crippen molar-refractivity contribution in [2.45, 2.75) is 33.8 Å². The summed E-state index contributed by atoms with van der Waals surface area (Å²) in [7, 11) is 0. The molecular formula is C18H22O2. The van der Waals surface area contributed by atoms with E-state index in [-0.39, 0.29) is 0 Å². The third-order valence-corrected chi connectivity index (χ3v) is 3.68. The van der Waals surface area contributed by atoms with Crippen LogP contribution in [-0.4, -0.2) is 11.7 Å². The van der Waals surface area contributed by atoms with Crippen LogP contribution >= 0.6 is 0 Å². The minimum absolute atomic E-state index is 0.593. The smallest absolute Gasteiger partial charge is 0.119 e. The summed E-state index contributed by atoms with van der Waals surface area (Å²) in [5.74, 6) is 0.834. The molecule has 0 bridgehead atoms. The van der Waals surface area contributed by atoms with Crippen LogP contribution in [0, 0.1) is 20.8 Å². The first-order valence-corrected chi connectivity index (χ1v) is 7.01. The molecule has 1 N–H and O–H groups in total. The van der Waals surface area contributed by atoms with Gasteiger partial charge in [0.2, 0.25) is 0 Å². The molecule has 0 radical (unpaired) electrons. The molecule has 2 aromatic carbocycles. The molecular weight excluding hydrogens is 248 g/mol. The summed E-state index contributed by atoms with van der Waals surface area (Å²) >= 11 is 0. The Balaban J connectivity index is 2.31. The lowest BCUT2D eigenvalue weighted by Gasteiger charge is -2.17. The first-order chi connectivity index (χ1) is 9.52. The number of ether oxygens (including phenoxy) is 1. The van der Waals surface area contributed by atoms with Crippen LogP contribution in [0.25, 0.3) is 0 Å². The van der Waals surface area contributed by atoms with Crippen molar-refractivity contribution in [3.05, 3.63) is 64.2 Å². The Morgan fingerprint density at radius 2 is 1.55 bits per heavy atom. The molecule has 20 heavy (non-hydrogen) atoms. The predicted molar refractivity (Wildman–Crippen MR) is 82.3 cm³/mol. The summed E-state index contributed by atoms with van der Waals surface area (Å²) in [5.41, 5.74) is 5.44. The average molecular weight is 270 g/mol. The van der Waals surface area contributed by atoms with Crippen molar-refractivity contribution < 1.29 is 9.84 Å². The van der Waals surface area contributed by atoms with Crippen LogP contribution in [0.1, 0.15) is 40.8 Å². The summed E-state index contributed by atoms with van der Waals surface area (Å²) in [6.07, 6.45) is -0.593. The van der Waals surface area contributed by atoms with Gasteiger partial charge in [-0.15, -0.1) is 0 Å². The fourth-order valence-corrected chi connectivity index (χ4v) is 2.37. The van der Waals surface area contributed by atoms with Gasteiger partial charge in [0.15, 0.2) is 0 Å². The van der Waals surface area contributed by atoms with Gasteiger partial charge in [-0.2, -0.15) is 0 Å².